The van der Waals surface area contributed by atoms with Crippen LogP contribution in [0.2, 0.25) is 0 Å². The van der Waals surface area contributed by atoms with E-state index in [0.29, 0.717) is 0 Å². The Balaban J connectivity index is 1.49. The normalized spacial score (nSPS) is 19.4. The smallest absolute Gasteiger partial charge is 0.375 e. The summed E-state index contributed by atoms with van der Waals surface area (Å²) in [4.78, 5) is 2.43. The van der Waals surface area contributed by atoms with Crippen LogP contribution in [-0.4, -0.2) is 18.0 Å². The van der Waals surface area contributed by atoms with Crippen molar-refractivity contribution in [2.24, 2.45) is 5.92 Å². The van der Waals surface area contributed by atoms with Crippen LogP contribution in [0, 0.1) is 5.92 Å². The minimum Gasteiger partial charge on any atom is -0.398 e. The molecule has 1 aromatic carbocycles. The molecule has 2 fully saturated rings. The lowest BCUT2D eigenvalue weighted by atomic mass is 10.0. The fraction of sp³-hybridized carbons (Fsp3) is 0.591. The second-order valence-corrected chi connectivity index (χ2v) is 7.76. The Morgan fingerprint density at radius 3 is 2.68 bits per heavy atom. The third-order valence-electron chi connectivity index (χ3n) is 5.92. The van der Waals surface area contributed by atoms with Gasteiger partial charge in [0.05, 0.1) is 6.08 Å². The van der Waals surface area contributed by atoms with E-state index in [9.17, 15) is 0 Å². The van der Waals surface area contributed by atoms with E-state index in [1.54, 1.807) is 0 Å². The Morgan fingerprint density at radius 1 is 1.04 bits per heavy atom. The van der Waals surface area contributed by atoms with Crippen molar-refractivity contribution in [3.63, 3.8) is 0 Å². The molecule has 134 valence electrons. The largest absolute Gasteiger partial charge is 0.398 e. The number of aryl methyl sites for hydroxylation is 1. The van der Waals surface area contributed by atoms with Gasteiger partial charge in [0.25, 0.3) is 5.52 Å². The third kappa shape index (κ3) is 4.08. The molecule has 0 spiro atoms. The summed E-state index contributed by atoms with van der Waals surface area (Å²) in [6.07, 6.45) is 16.8. The van der Waals surface area contributed by atoms with E-state index in [-0.39, 0.29) is 0 Å². The molecule has 1 saturated heterocycles. The van der Waals surface area contributed by atoms with Gasteiger partial charge in [-0.25, -0.2) is 0 Å². The topological polar surface area (TPSA) is 20.3 Å². The van der Waals surface area contributed by atoms with Gasteiger partial charge in [-0.2, -0.15) is 4.57 Å². The van der Waals surface area contributed by atoms with Crippen molar-refractivity contribution < 1.29 is 8.98 Å². The highest BCUT2D eigenvalue weighted by Crippen LogP contribution is 2.28. The fourth-order valence-electron chi connectivity index (χ4n) is 4.48. The van der Waals surface area contributed by atoms with E-state index in [4.69, 9.17) is 4.42 Å². The molecule has 0 amide bonds. The van der Waals surface area contributed by atoms with Crippen LogP contribution in [0.25, 0.3) is 17.2 Å². The predicted octanol–water partition coefficient (Wildman–Crippen LogP) is 5.15. The number of benzene rings is 1. The quantitative estimate of drug-likeness (QED) is 0.679. The van der Waals surface area contributed by atoms with Crippen molar-refractivity contribution in [2.45, 2.75) is 64.3 Å². The molecular formula is C22H31N2O+. The van der Waals surface area contributed by atoms with E-state index in [2.05, 4.69) is 46.0 Å². The molecule has 25 heavy (non-hydrogen) atoms. The monoisotopic (exact) mass is 339 g/mol. The second kappa shape index (κ2) is 8.07. The summed E-state index contributed by atoms with van der Waals surface area (Å²) in [6, 6.07) is 8.45. The molecule has 0 unspecified atom stereocenters. The molecular weight excluding hydrogens is 308 g/mol. The van der Waals surface area contributed by atoms with Crippen molar-refractivity contribution in [1.29, 1.82) is 0 Å². The Kier molecular flexibility index (Phi) is 5.39. The lowest BCUT2D eigenvalue weighted by Gasteiger charge is -2.24. The van der Waals surface area contributed by atoms with Crippen LogP contribution >= 0.6 is 0 Å². The molecule has 4 rings (SSSR count). The first-order valence-electron chi connectivity index (χ1n) is 10.2. The minimum absolute atomic E-state index is 0.964. The fourth-order valence-corrected chi connectivity index (χ4v) is 4.48. The average molecular weight is 340 g/mol. The number of oxazole rings is 1. The molecule has 1 saturated carbocycles. The summed E-state index contributed by atoms with van der Waals surface area (Å²) < 4.78 is 8.54. The van der Waals surface area contributed by atoms with Crippen molar-refractivity contribution in [2.75, 3.05) is 13.1 Å². The lowest BCUT2D eigenvalue weighted by Crippen LogP contribution is -2.35. The molecule has 1 aliphatic heterocycles. The number of nitrogens with zero attached hydrogens (tertiary/aromatic N) is 2. The Labute approximate surface area is 151 Å². The number of likely N-dealkylation sites (tertiary alicyclic amines) is 1. The zero-order chi connectivity index (χ0) is 16.9. The van der Waals surface area contributed by atoms with Crippen LogP contribution in [0.1, 0.15) is 63.7 Å². The van der Waals surface area contributed by atoms with Crippen LogP contribution in [-0.2, 0) is 6.54 Å². The van der Waals surface area contributed by atoms with Gasteiger partial charge in [0, 0.05) is 31.8 Å². The molecule has 0 atom stereocenters. The number of aromatic nitrogens is 1. The molecule has 1 aliphatic carbocycles. The zero-order valence-corrected chi connectivity index (χ0v) is 15.3. The summed E-state index contributed by atoms with van der Waals surface area (Å²) in [6.45, 7) is 3.42. The zero-order valence-electron chi connectivity index (χ0n) is 15.3. The van der Waals surface area contributed by atoms with Crippen molar-refractivity contribution in [3.05, 3.63) is 36.4 Å². The maximum Gasteiger partial charge on any atom is 0.375 e. The van der Waals surface area contributed by atoms with Gasteiger partial charge in [-0.1, -0.05) is 37.8 Å². The SMILES string of the molecule is C(=C\N1CCCCC1)/c1oc2ccccc2[n+]1CCCC1CCCC1. The van der Waals surface area contributed by atoms with Crippen molar-refractivity contribution in [1.82, 2.24) is 4.90 Å². The minimum atomic E-state index is 0.964. The Morgan fingerprint density at radius 2 is 1.84 bits per heavy atom. The number of hydrogen-bond acceptors (Lipinski definition) is 2. The number of piperidine rings is 1. The van der Waals surface area contributed by atoms with Crippen LogP contribution in [0.4, 0.5) is 0 Å². The van der Waals surface area contributed by atoms with Gasteiger partial charge in [-0.3, -0.25) is 0 Å². The first kappa shape index (κ1) is 16.7. The summed E-state index contributed by atoms with van der Waals surface area (Å²) in [5, 5.41) is 0. The summed E-state index contributed by atoms with van der Waals surface area (Å²) >= 11 is 0. The molecule has 0 radical (unpaired) electrons. The summed E-state index contributed by atoms with van der Waals surface area (Å²) in [5.74, 6) is 1.96. The van der Waals surface area contributed by atoms with Gasteiger partial charge in [0.2, 0.25) is 5.58 Å². The number of fused-ring (bicyclic) bond motifs is 1. The Bertz CT molecular complexity index is 706. The van der Waals surface area contributed by atoms with Gasteiger partial charge in [-0.15, -0.1) is 0 Å². The molecule has 2 aromatic rings. The first-order valence-corrected chi connectivity index (χ1v) is 10.2. The third-order valence-corrected chi connectivity index (χ3v) is 5.92. The second-order valence-electron chi connectivity index (χ2n) is 7.76. The molecule has 1 aromatic heterocycles. The number of para-hydroxylation sites is 2. The maximum atomic E-state index is 6.16. The molecule has 0 bridgehead atoms. The van der Waals surface area contributed by atoms with Crippen LogP contribution in [0.15, 0.2) is 34.9 Å². The van der Waals surface area contributed by atoms with Crippen molar-refractivity contribution in [3.8, 4) is 0 Å². The van der Waals surface area contributed by atoms with E-state index < -0.39 is 0 Å². The van der Waals surface area contributed by atoms with E-state index >= 15 is 0 Å². The first-order chi connectivity index (χ1) is 12.4. The molecule has 3 heteroatoms. The van der Waals surface area contributed by atoms with E-state index in [1.165, 1.54) is 76.4 Å². The molecule has 2 aliphatic rings. The summed E-state index contributed by atoms with van der Waals surface area (Å²) in [5.41, 5.74) is 2.23. The number of hydrogen-bond donors (Lipinski definition) is 0. The lowest BCUT2D eigenvalue weighted by molar-refractivity contribution is -0.678. The number of rotatable bonds is 6. The predicted molar refractivity (Wildman–Crippen MR) is 102 cm³/mol. The van der Waals surface area contributed by atoms with Crippen molar-refractivity contribution >= 4 is 17.2 Å². The highest BCUT2D eigenvalue weighted by molar-refractivity contribution is 5.69. The standard InChI is InChI=1S/C22H31N2O/c1-6-15-23(16-7-1)18-14-22-24(17-8-11-19-9-2-3-10-19)20-12-4-5-13-21(20)25-22/h4-5,12-14,18-19H,1-3,6-11,15-17H2/q+1. The van der Waals surface area contributed by atoms with Crippen LogP contribution < -0.4 is 4.57 Å². The van der Waals surface area contributed by atoms with Gasteiger partial charge in [0.15, 0.2) is 6.54 Å². The highest BCUT2D eigenvalue weighted by atomic mass is 16.3. The molecule has 2 heterocycles. The summed E-state index contributed by atoms with van der Waals surface area (Å²) in [7, 11) is 0. The van der Waals surface area contributed by atoms with Gasteiger partial charge < -0.3 is 9.32 Å². The highest BCUT2D eigenvalue weighted by Gasteiger charge is 2.22. The van der Waals surface area contributed by atoms with Gasteiger partial charge >= 0.3 is 5.89 Å². The van der Waals surface area contributed by atoms with Gasteiger partial charge in [-0.05, 0) is 37.7 Å². The van der Waals surface area contributed by atoms with Crippen LogP contribution in [0.3, 0.4) is 0 Å². The Hall–Kier alpha value is -1.77. The molecule has 0 N–H and O–H groups in total. The van der Waals surface area contributed by atoms with Gasteiger partial charge in [0.1, 0.15) is 0 Å². The van der Waals surface area contributed by atoms with E-state index in [0.717, 1.165) is 23.9 Å². The van der Waals surface area contributed by atoms with Crippen LogP contribution in [0.5, 0.6) is 0 Å². The maximum absolute atomic E-state index is 6.16. The molecule has 3 nitrogen and oxygen atoms in total. The van der Waals surface area contributed by atoms with E-state index in [1.807, 2.05) is 0 Å². The average Bonchev–Trinajstić information content (AvgIpc) is 3.29.